The molecule has 0 saturated carbocycles. The van der Waals surface area contributed by atoms with E-state index in [-0.39, 0.29) is 24.8 Å². The van der Waals surface area contributed by atoms with Crippen LogP contribution in [0.2, 0.25) is 0 Å². The molecule has 2 fully saturated rings. The van der Waals surface area contributed by atoms with Crippen molar-refractivity contribution >= 4 is 11.9 Å². The first-order chi connectivity index (χ1) is 17.6. The molecule has 0 spiro atoms. The quantitative estimate of drug-likeness (QED) is 0.0825. The number of aliphatic hydroxyl groups is 9. The number of ether oxygens (including phenoxy) is 4. The van der Waals surface area contributed by atoms with E-state index in [1.165, 1.54) is 13.0 Å². The molecule has 0 aromatic carbocycles. The first-order valence-electron chi connectivity index (χ1n) is 11.2. The molecule has 0 amide bonds. The highest BCUT2D eigenvalue weighted by atomic mass is 16.7. The molecule has 0 aromatic heterocycles. The second-order valence-electron chi connectivity index (χ2n) is 8.30. The first-order valence-corrected chi connectivity index (χ1v) is 11.2. The van der Waals surface area contributed by atoms with Crippen LogP contribution in [0.5, 0.6) is 0 Å². The van der Waals surface area contributed by atoms with Gasteiger partial charge in [-0.2, -0.15) is 0 Å². The second kappa shape index (κ2) is 17.3. The Morgan fingerprint density at radius 3 is 1.50 bits per heavy atom. The molecule has 9 N–H and O–H groups in total. The standard InChI is InChI=1S/C10H16O7.C7H10O2.C6H12O6/c1-4(2)9(14)16-3-5-6(11)7(12)8(13)10(15)17-5;1-4-5-9-7(8)6(2)3;7-1-2-3(8)4(9)5(10)6(11)12-2/h5-8,10-13,15H,1,3H2,2H3;4H,1-2,5H2,3H3;2-11H,1H2/t5?,6-,7+,8?,10-;;2?,3-,4+,5?,6-/m1.1/s1. The fourth-order valence-electron chi connectivity index (χ4n) is 2.69. The Kier molecular flexibility index (Phi) is 16.3. The Hall–Kier alpha value is -2.28. The van der Waals surface area contributed by atoms with Gasteiger partial charge >= 0.3 is 11.9 Å². The van der Waals surface area contributed by atoms with E-state index in [2.05, 4.69) is 29.2 Å². The SMILES string of the molecule is C=C(C)C(=O)OCC1O[C@@H](O)C(O)[C@@H](O)[C@@H]1O.C=CCOC(=O)C(=C)C.OCC1O[C@@H](O)C(O)[C@@H](O)[C@@H]1O. The van der Waals surface area contributed by atoms with Gasteiger partial charge < -0.3 is 64.9 Å². The highest BCUT2D eigenvalue weighted by molar-refractivity contribution is 5.87. The minimum absolute atomic E-state index is 0.177. The lowest BCUT2D eigenvalue weighted by atomic mass is 9.99. The van der Waals surface area contributed by atoms with Crippen LogP contribution in [0, 0.1) is 0 Å². The Labute approximate surface area is 219 Å². The largest absolute Gasteiger partial charge is 0.459 e. The molecule has 4 unspecified atom stereocenters. The topological polar surface area (TPSA) is 253 Å². The number of esters is 2. The van der Waals surface area contributed by atoms with Gasteiger partial charge in [0, 0.05) is 11.1 Å². The van der Waals surface area contributed by atoms with Gasteiger partial charge in [0.25, 0.3) is 0 Å². The van der Waals surface area contributed by atoms with E-state index in [0.29, 0.717) is 5.57 Å². The van der Waals surface area contributed by atoms with Crippen molar-refractivity contribution < 1.29 is 74.5 Å². The minimum atomic E-state index is -1.64. The predicted molar refractivity (Wildman–Crippen MR) is 127 cm³/mol. The summed E-state index contributed by atoms with van der Waals surface area (Å²) < 4.78 is 18.7. The van der Waals surface area contributed by atoms with Crippen LogP contribution >= 0.6 is 0 Å². The third-order valence-electron chi connectivity index (χ3n) is 4.96. The maximum atomic E-state index is 11.1. The van der Waals surface area contributed by atoms with Gasteiger partial charge in [-0.05, 0) is 13.8 Å². The number of carbonyl (C=O) groups excluding carboxylic acids is 2. The molecule has 2 aliphatic heterocycles. The maximum absolute atomic E-state index is 11.1. The maximum Gasteiger partial charge on any atom is 0.333 e. The average molecular weight is 555 g/mol. The fraction of sp³-hybridized carbons (Fsp3) is 0.652. The molecular formula is C23H38O15. The summed E-state index contributed by atoms with van der Waals surface area (Å²) in [6, 6.07) is 0. The van der Waals surface area contributed by atoms with Crippen molar-refractivity contribution in [2.45, 2.75) is 75.3 Å². The monoisotopic (exact) mass is 554 g/mol. The van der Waals surface area contributed by atoms with E-state index in [1.54, 1.807) is 6.92 Å². The van der Waals surface area contributed by atoms with Crippen molar-refractivity contribution in [1.29, 1.82) is 0 Å². The van der Waals surface area contributed by atoms with Gasteiger partial charge in [-0.25, -0.2) is 9.59 Å². The zero-order valence-corrected chi connectivity index (χ0v) is 21.1. The minimum Gasteiger partial charge on any atom is -0.459 e. The van der Waals surface area contributed by atoms with Crippen molar-refractivity contribution in [2.24, 2.45) is 0 Å². The van der Waals surface area contributed by atoms with E-state index in [9.17, 15) is 30.0 Å². The fourth-order valence-corrected chi connectivity index (χ4v) is 2.69. The lowest BCUT2D eigenvalue weighted by molar-refractivity contribution is -0.287. The average Bonchev–Trinajstić information content (AvgIpc) is 2.88. The molecule has 2 rings (SSSR count). The van der Waals surface area contributed by atoms with E-state index < -0.39 is 74.0 Å². The smallest absolute Gasteiger partial charge is 0.333 e. The van der Waals surface area contributed by atoms with E-state index in [1.807, 2.05) is 0 Å². The molecule has 2 saturated heterocycles. The van der Waals surface area contributed by atoms with Crippen LogP contribution in [0.4, 0.5) is 0 Å². The molecule has 0 aliphatic carbocycles. The van der Waals surface area contributed by atoms with Gasteiger partial charge in [0.15, 0.2) is 12.6 Å². The summed E-state index contributed by atoms with van der Waals surface area (Å²) in [6.45, 7) is 12.6. The number of hydrogen-bond donors (Lipinski definition) is 9. The van der Waals surface area contributed by atoms with E-state index in [0.717, 1.165) is 0 Å². The van der Waals surface area contributed by atoms with Crippen molar-refractivity contribution in [1.82, 2.24) is 0 Å². The zero-order valence-electron chi connectivity index (χ0n) is 21.1. The van der Waals surface area contributed by atoms with Crippen LogP contribution in [-0.2, 0) is 28.5 Å². The summed E-state index contributed by atoms with van der Waals surface area (Å²) >= 11 is 0. The van der Waals surface area contributed by atoms with Crippen LogP contribution in [0.1, 0.15) is 13.8 Å². The summed E-state index contributed by atoms with van der Waals surface area (Å²) in [5.41, 5.74) is 0.591. The summed E-state index contributed by atoms with van der Waals surface area (Å²) in [5, 5.41) is 81.9. The summed E-state index contributed by atoms with van der Waals surface area (Å²) in [5.74, 6) is -1.04. The molecule has 0 aromatic rings. The Balaban J connectivity index is 0.000000572. The number of carbonyl (C=O) groups is 2. The molecule has 38 heavy (non-hydrogen) atoms. The molecule has 0 bridgehead atoms. The zero-order chi connectivity index (χ0) is 29.7. The predicted octanol–water partition coefficient (Wildman–Crippen LogP) is -4.02. The van der Waals surface area contributed by atoms with Crippen LogP contribution < -0.4 is 0 Å². The van der Waals surface area contributed by atoms with Gasteiger partial charge in [-0.15, -0.1) is 0 Å². The molecule has 0 radical (unpaired) electrons. The van der Waals surface area contributed by atoms with Crippen LogP contribution in [-0.4, -0.2) is 139 Å². The summed E-state index contributed by atoms with van der Waals surface area (Å²) in [6.07, 6.45) is -12.9. The number of rotatable bonds is 7. The van der Waals surface area contributed by atoms with Crippen LogP contribution in [0.25, 0.3) is 0 Å². The van der Waals surface area contributed by atoms with Gasteiger partial charge in [-0.1, -0.05) is 25.8 Å². The molecule has 10 atom stereocenters. The highest BCUT2D eigenvalue weighted by Gasteiger charge is 2.44. The summed E-state index contributed by atoms with van der Waals surface area (Å²) in [7, 11) is 0. The van der Waals surface area contributed by atoms with Gasteiger partial charge in [0.05, 0.1) is 6.61 Å². The number of aliphatic hydroxyl groups excluding tert-OH is 9. The lowest BCUT2D eigenvalue weighted by Crippen LogP contribution is -2.58. The second-order valence-corrected chi connectivity index (χ2v) is 8.30. The highest BCUT2D eigenvalue weighted by Crippen LogP contribution is 2.20. The lowest BCUT2D eigenvalue weighted by Gasteiger charge is -2.37. The molecular weight excluding hydrogens is 516 g/mol. The van der Waals surface area contributed by atoms with Crippen molar-refractivity contribution in [3.63, 3.8) is 0 Å². The Morgan fingerprint density at radius 1 is 0.711 bits per heavy atom. The number of hydrogen-bond acceptors (Lipinski definition) is 15. The molecule has 15 nitrogen and oxygen atoms in total. The van der Waals surface area contributed by atoms with E-state index in [4.69, 9.17) is 35.0 Å². The van der Waals surface area contributed by atoms with Crippen molar-refractivity contribution in [3.05, 3.63) is 37.0 Å². The Bertz CT molecular complexity index is 782. The van der Waals surface area contributed by atoms with E-state index >= 15 is 0 Å². The third-order valence-corrected chi connectivity index (χ3v) is 4.96. The Morgan fingerprint density at radius 2 is 1.11 bits per heavy atom. The van der Waals surface area contributed by atoms with Gasteiger partial charge in [0.1, 0.15) is 62.0 Å². The van der Waals surface area contributed by atoms with Crippen LogP contribution in [0.3, 0.4) is 0 Å². The first kappa shape index (κ1) is 35.7. The molecule has 220 valence electrons. The molecule has 2 heterocycles. The summed E-state index contributed by atoms with van der Waals surface area (Å²) in [4.78, 5) is 21.6. The molecule has 2 aliphatic rings. The van der Waals surface area contributed by atoms with Crippen LogP contribution in [0.15, 0.2) is 37.0 Å². The van der Waals surface area contributed by atoms with Crippen molar-refractivity contribution in [3.8, 4) is 0 Å². The van der Waals surface area contributed by atoms with Gasteiger partial charge in [-0.3, -0.25) is 0 Å². The normalized spacial score (nSPS) is 34.3. The molecule has 15 heteroatoms. The van der Waals surface area contributed by atoms with Crippen molar-refractivity contribution in [2.75, 3.05) is 19.8 Å². The van der Waals surface area contributed by atoms with Gasteiger partial charge in [0.2, 0.25) is 0 Å². The third kappa shape index (κ3) is 11.2.